The van der Waals surface area contributed by atoms with Gasteiger partial charge in [-0.3, -0.25) is 4.79 Å². The fourth-order valence-electron chi connectivity index (χ4n) is 2.06. The number of hydroxylamine groups is 2. The van der Waals surface area contributed by atoms with E-state index < -0.39 is 18.1 Å². The highest BCUT2D eigenvalue weighted by atomic mass is 19.4. The molecule has 0 unspecified atom stereocenters. The van der Waals surface area contributed by atoms with E-state index in [0.717, 1.165) is 6.42 Å². The van der Waals surface area contributed by atoms with Crippen molar-refractivity contribution in [2.24, 2.45) is 0 Å². The molecule has 0 fully saturated rings. The summed E-state index contributed by atoms with van der Waals surface area (Å²) in [4.78, 5) is 28.2. The van der Waals surface area contributed by atoms with Crippen LogP contribution in [0.15, 0.2) is 42.1 Å². The van der Waals surface area contributed by atoms with E-state index in [2.05, 4.69) is 0 Å². The zero-order valence-electron chi connectivity index (χ0n) is 11.6. The van der Waals surface area contributed by atoms with Gasteiger partial charge in [0.05, 0.1) is 11.3 Å². The summed E-state index contributed by atoms with van der Waals surface area (Å²) < 4.78 is 38.1. The zero-order valence-corrected chi connectivity index (χ0v) is 11.6. The van der Waals surface area contributed by atoms with Crippen LogP contribution in [0.5, 0.6) is 0 Å². The predicted octanol–water partition coefficient (Wildman–Crippen LogP) is 3.61. The summed E-state index contributed by atoms with van der Waals surface area (Å²) >= 11 is 0. The van der Waals surface area contributed by atoms with E-state index in [-0.39, 0.29) is 22.7 Å². The van der Waals surface area contributed by atoms with Gasteiger partial charge < -0.3 is 4.84 Å². The maximum absolute atomic E-state index is 12.7. The van der Waals surface area contributed by atoms with Crippen LogP contribution in [-0.2, 0) is 9.63 Å². The number of hydrogen-bond acceptors (Lipinski definition) is 3. The van der Waals surface area contributed by atoms with Gasteiger partial charge >= 0.3 is 18.1 Å². The fraction of sp³-hybridized carbons (Fsp3) is 0.333. The van der Waals surface area contributed by atoms with Gasteiger partial charge in [0, 0.05) is 0 Å². The van der Waals surface area contributed by atoms with Gasteiger partial charge in [-0.2, -0.15) is 13.2 Å². The molecule has 0 N–H and O–H groups in total. The first-order valence-electron chi connectivity index (χ1n) is 6.77. The highest BCUT2D eigenvalue weighted by molar-refractivity contribution is 5.91. The molecule has 0 aromatic heterocycles. The molecule has 0 aliphatic heterocycles. The molecule has 0 atom stereocenters. The molecule has 1 amide bonds. The number of carbonyl (C=O) groups is 2. The first-order chi connectivity index (χ1) is 10.4. The van der Waals surface area contributed by atoms with E-state index in [0.29, 0.717) is 12.8 Å². The number of rotatable bonds is 2. The summed E-state index contributed by atoms with van der Waals surface area (Å²) in [6.07, 6.45) is -1.37. The van der Waals surface area contributed by atoms with Crippen LogP contribution in [0.1, 0.15) is 36.0 Å². The lowest BCUT2D eigenvalue weighted by Gasteiger charge is -2.26. The van der Waals surface area contributed by atoms with Gasteiger partial charge in [-0.25, -0.2) is 4.79 Å². The number of carbonyl (C=O) groups excluding carboxylic acids is 2. The van der Waals surface area contributed by atoms with Crippen LogP contribution in [0, 0.1) is 0 Å². The molecule has 0 radical (unpaired) electrons. The van der Waals surface area contributed by atoms with Crippen LogP contribution < -0.4 is 0 Å². The number of nitrogens with zero attached hydrogens (tertiary/aromatic N) is 1. The summed E-state index contributed by atoms with van der Waals surface area (Å²) in [5.41, 5.74) is 0.136. The van der Waals surface area contributed by atoms with Crippen molar-refractivity contribution in [2.45, 2.75) is 31.9 Å². The van der Waals surface area contributed by atoms with E-state index in [1.54, 1.807) is 18.2 Å². The molecule has 0 saturated heterocycles. The molecule has 118 valence electrons. The lowest BCUT2D eigenvalue weighted by molar-refractivity contribution is -0.209. The van der Waals surface area contributed by atoms with Crippen molar-refractivity contribution in [1.29, 1.82) is 0 Å². The second-order valence-corrected chi connectivity index (χ2v) is 4.78. The SMILES string of the molecule is O=C(ON(C(=O)C(F)(F)F)C1=CCCCC1)c1ccccc1. The van der Waals surface area contributed by atoms with Crippen LogP contribution in [0.3, 0.4) is 0 Å². The molecule has 1 aromatic rings. The molecule has 0 heterocycles. The number of allylic oxidation sites excluding steroid dienone is 2. The van der Waals surface area contributed by atoms with Crippen molar-refractivity contribution in [3.63, 3.8) is 0 Å². The Kier molecular flexibility index (Phi) is 4.85. The first-order valence-corrected chi connectivity index (χ1v) is 6.77. The smallest absolute Gasteiger partial charge is 0.328 e. The molecule has 1 aromatic carbocycles. The minimum Gasteiger partial charge on any atom is -0.328 e. The topological polar surface area (TPSA) is 46.6 Å². The van der Waals surface area contributed by atoms with Gasteiger partial charge in [-0.15, -0.1) is 5.06 Å². The third kappa shape index (κ3) is 3.87. The Labute approximate surface area is 125 Å². The third-order valence-electron chi connectivity index (χ3n) is 3.14. The van der Waals surface area contributed by atoms with E-state index in [9.17, 15) is 22.8 Å². The third-order valence-corrected chi connectivity index (χ3v) is 3.14. The fourth-order valence-corrected chi connectivity index (χ4v) is 2.06. The van der Waals surface area contributed by atoms with Crippen molar-refractivity contribution in [3.8, 4) is 0 Å². The molecular formula is C15H14F3NO3. The maximum atomic E-state index is 12.7. The van der Waals surface area contributed by atoms with Gasteiger partial charge in [0.2, 0.25) is 0 Å². The molecular weight excluding hydrogens is 299 g/mol. The Morgan fingerprint density at radius 1 is 1.09 bits per heavy atom. The van der Waals surface area contributed by atoms with Gasteiger partial charge in [-0.1, -0.05) is 24.3 Å². The molecule has 0 spiro atoms. The van der Waals surface area contributed by atoms with Crippen LogP contribution in [0.2, 0.25) is 0 Å². The molecule has 2 rings (SSSR count). The van der Waals surface area contributed by atoms with E-state index in [1.165, 1.54) is 18.2 Å². The Balaban J connectivity index is 2.23. The highest BCUT2D eigenvalue weighted by Crippen LogP contribution is 2.27. The van der Waals surface area contributed by atoms with Gasteiger partial charge in [0.25, 0.3) is 0 Å². The average molecular weight is 313 g/mol. The summed E-state index contributed by atoms with van der Waals surface area (Å²) in [5.74, 6) is -3.21. The summed E-state index contributed by atoms with van der Waals surface area (Å²) in [7, 11) is 0. The number of amides is 1. The van der Waals surface area contributed by atoms with Crippen molar-refractivity contribution in [3.05, 3.63) is 47.7 Å². The molecule has 4 nitrogen and oxygen atoms in total. The monoisotopic (exact) mass is 313 g/mol. The molecule has 1 aliphatic carbocycles. The van der Waals surface area contributed by atoms with E-state index in [4.69, 9.17) is 4.84 Å². The van der Waals surface area contributed by atoms with Crippen molar-refractivity contribution >= 4 is 11.9 Å². The second-order valence-electron chi connectivity index (χ2n) is 4.78. The highest BCUT2D eigenvalue weighted by Gasteiger charge is 2.46. The predicted molar refractivity (Wildman–Crippen MR) is 71.3 cm³/mol. The standard InChI is InChI=1S/C15H14F3NO3/c16-15(17,18)14(21)19(12-9-5-2-6-10-12)22-13(20)11-7-3-1-4-8-11/h1,3-4,7-9H,2,5-6,10H2. The van der Waals surface area contributed by atoms with Crippen molar-refractivity contribution in [2.75, 3.05) is 0 Å². The largest absolute Gasteiger partial charge is 0.474 e. The maximum Gasteiger partial charge on any atom is 0.474 e. The van der Waals surface area contributed by atoms with Gasteiger partial charge in [0.15, 0.2) is 0 Å². The first kappa shape index (κ1) is 16.1. The molecule has 22 heavy (non-hydrogen) atoms. The van der Waals surface area contributed by atoms with Crippen molar-refractivity contribution in [1.82, 2.24) is 5.06 Å². The van der Waals surface area contributed by atoms with Gasteiger partial charge in [-0.05, 0) is 37.8 Å². The minimum absolute atomic E-state index is 0.0675. The minimum atomic E-state index is -5.12. The summed E-state index contributed by atoms with van der Waals surface area (Å²) in [6, 6.07) is 7.54. The van der Waals surface area contributed by atoms with Crippen LogP contribution in [0.4, 0.5) is 13.2 Å². The second kappa shape index (κ2) is 6.64. The van der Waals surface area contributed by atoms with E-state index in [1.807, 2.05) is 0 Å². The number of hydrogen-bond donors (Lipinski definition) is 0. The molecule has 0 bridgehead atoms. The number of alkyl halides is 3. The lowest BCUT2D eigenvalue weighted by atomic mass is 10.0. The Hall–Kier alpha value is -2.31. The average Bonchev–Trinajstić information content (AvgIpc) is 2.52. The van der Waals surface area contributed by atoms with E-state index >= 15 is 0 Å². The zero-order chi connectivity index (χ0) is 16.2. The molecule has 0 saturated carbocycles. The molecule has 7 heteroatoms. The Bertz CT molecular complexity index is 581. The number of halogens is 3. The summed E-state index contributed by atoms with van der Waals surface area (Å²) in [5, 5.41) is 0.0779. The number of benzene rings is 1. The van der Waals surface area contributed by atoms with Crippen molar-refractivity contribution < 1.29 is 27.6 Å². The Morgan fingerprint density at radius 2 is 1.77 bits per heavy atom. The summed E-state index contributed by atoms with van der Waals surface area (Å²) in [6.45, 7) is 0. The van der Waals surface area contributed by atoms with Gasteiger partial charge in [0.1, 0.15) is 0 Å². The normalized spacial score (nSPS) is 15.0. The van der Waals surface area contributed by atoms with Crippen LogP contribution in [0.25, 0.3) is 0 Å². The quantitative estimate of drug-likeness (QED) is 0.784. The van der Waals surface area contributed by atoms with Crippen LogP contribution >= 0.6 is 0 Å². The Morgan fingerprint density at radius 3 is 2.32 bits per heavy atom. The van der Waals surface area contributed by atoms with Crippen LogP contribution in [-0.4, -0.2) is 23.1 Å². The molecule has 1 aliphatic rings. The lowest BCUT2D eigenvalue weighted by Crippen LogP contribution is -2.42.